The van der Waals surface area contributed by atoms with Gasteiger partial charge in [-0.05, 0) is 32.9 Å². The van der Waals surface area contributed by atoms with Gasteiger partial charge in [-0.15, -0.1) is 6.58 Å². The quantitative estimate of drug-likeness (QED) is 0.665. The Bertz CT molecular complexity index is 649. The summed E-state index contributed by atoms with van der Waals surface area (Å²) in [5.41, 5.74) is 7.65. The predicted molar refractivity (Wildman–Crippen MR) is 83.7 cm³/mol. The minimum Gasteiger partial charge on any atom is -0.397 e. The fourth-order valence-corrected chi connectivity index (χ4v) is 2.23. The van der Waals surface area contributed by atoms with E-state index < -0.39 is 0 Å². The molecule has 3 N–H and O–H groups in total. The number of nitrogens with two attached hydrogens (primary N) is 1. The standard InChI is InChI=1S/C16H21N3O/c1-5-9-19(16(2,3)4)15(20)13-10-11-7-6-8-12(17)14(11)18-13/h5-8,10,18H,1,9,17H2,2-4H3. The molecule has 0 saturated carbocycles. The maximum atomic E-state index is 12.7. The molecule has 0 radical (unpaired) electrons. The number of aromatic amines is 1. The van der Waals surface area contributed by atoms with Crippen molar-refractivity contribution in [1.82, 2.24) is 9.88 Å². The van der Waals surface area contributed by atoms with E-state index in [9.17, 15) is 4.79 Å². The van der Waals surface area contributed by atoms with Gasteiger partial charge in [0.25, 0.3) is 5.91 Å². The number of nitrogen functional groups attached to an aromatic ring is 1. The summed E-state index contributed by atoms with van der Waals surface area (Å²) in [5.74, 6) is -0.0481. The topological polar surface area (TPSA) is 62.1 Å². The van der Waals surface area contributed by atoms with Crippen LogP contribution in [0.1, 0.15) is 31.3 Å². The second-order valence-electron chi connectivity index (χ2n) is 5.87. The normalized spacial score (nSPS) is 11.6. The van der Waals surface area contributed by atoms with E-state index in [-0.39, 0.29) is 11.4 Å². The van der Waals surface area contributed by atoms with Crippen LogP contribution < -0.4 is 5.73 Å². The van der Waals surface area contributed by atoms with Gasteiger partial charge in [-0.1, -0.05) is 18.2 Å². The number of hydrogen-bond donors (Lipinski definition) is 2. The molecule has 1 amide bonds. The Kier molecular flexibility index (Phi) is 3.57. The molecule has 1 aromatic heterocycles. The molecular weight excluding hydrogens is 250 g/mol. The zero-order valence-corrected chi connectivity index (χ0v) is 12.2. The summed E-state index contributed by atoms with van der Waals surface area (Å²) in [6.45, 7) is 10.2. The number of anilines is 1. The van der Waals surface area contributed by atoms with E-state index in [1.165, 1.54) is 0 Å². The van der Waals surface area contributed by atoms with Crippen LogP contribution in [0.4, 0.5) is 5.69 Å². The number of hydrogen-bond acceptors (Lipinski definition) is 2. The van der Waals surface area contributed by atoms with Crippen molar-refractivity contribution in [2.45, 2.75) is 26.3 Å². The smallest absolute Gasteiger partial charge is 0.271 e. The summed E-state index contributed by atoms with van der Waals surface area (Å²) in [5, 5.41) is 0.945. The van der Waals surface area contributed by atoms with Crippen LogP contribution in [0.5, 0.6) is 0 Å². The van der Waals surface area contributed by atoms with Crippen LogP contribution in [0.25, 0.3) is 10.9 Å². The summed E-state index contributed by atoms with van der Waals surface area (Å²) in [6.07, 6.45) is 1.74. The molecule has 0 unspecified atom stereocenters. The van der Waals surface area contributed by atoms with Crippen molar-refractivity contribution in [3.05, 3.63) is 42.6 Å². The number of nitrogens with one attached hydrogen (secondary N) is 1. The van der Waals surface area contributed by atoms with Crippen molar-refractivity contribution >= 4 is 22.5 Å². The molecule has 20 heavy (non-hydrogen) atoms. The molecule has 1 heterocycles. The molecule has 0 bridgehead atoms. The Morgan fingerprint density at radius 1 is 1.45 bits per heavy atom. The first-order chi connectivity index (χ1) is 9.34. The fraction of sp³-hybridized carbons (Fsp3) is 0.312. The predicted octanol–water partition coefficient (Wildman–Crippen LogP) is 3.18. The van der Waals surface area contributed by atoms with Crippen molar-refractivity contribution in [2.75, 3.05) is 12.3 Å². The number of carbonyl (C=O) groups is 1. The third-order valence-corrected chi connectivity index (χ3v) is 3.29. The highest BCUT2D eigenvalue weighted by molar-refractivity contribution is 6.01. The molecule has 0 spiro atoms. The molecule has 1 aromatic carbocycles. The van der Waals surface area contributed by atoms with Gasteiger partial charge < -0.3 is 15.6 Å². The summed E-state index contributed by atoms with van der Waals surface area (Å²) >= 11 is 0. The van der Waals surface area contributed by atoms with Crippen LogP contribution in [0, 0.1) is 0 Å². The summed E-state index contributed by atoms with van der Waals surface area (Å²) in [7, 11) is 0. The minimum absolute atomic E-state index is 0.0481. The van der Waals surface area contributed by atoms with Crippen LogP contribution in [-0.4, -0.2) is 27.9 Å². The van der Waals surface area contributed by atoms with Gasteiger partial charge in [0.15, 0.2) is 0 Å². The maximum Gasteiger partial charge on any atom is 0.271 e. The molecule has 2 rings (SSSR count). The lowest BCUT2D eigenvalue weighted by Gasteiger charge is -2.34. The van der Waals surface area contributed by atoms with E-state index in [1.807, 2.05) is 45.0 Å². The van der Waals surface area contributed by atoms with Crippen molar-refractivity contribution in [1.29, 1.82) is 0 Å². The number of rotatable bonds is 3. The first-order valence-electron chi connectivity index (χ1n) is 6.64. The molecule has 4 nitrogen and oxygen atoms in total. The number of nitrogens with zero attached hydrogens (tertiary/aromatic N) is 1. The highest BCUT2D eigenvalue weighted by atomic mass is 16.2. The second kappa shape index (κ2) is 5.04. The largest absolute Gasteiger partial charge is 0.397 e. The van der Waals surface area contributed by atoms with Gasteiger partial charge >= 0.3 is 0 Å². The molecule has 0 aliphatic carbocycles. The molecular formula is C16H21N3O. The van der Waals surface area contributed by atoms with E-state index >= 15 is 0 Å². The van der Waals surface area contributed by atoms with Crippen molar-refractivity contribution < 1.29 is 4.79 Å². The van der Waals surface area contributed by atoms with Gasteiger partial charge in [0.1, 0.15) is 5.69 Å². The summed E-state index contributed by atoms with van der Waals surface area (Å²) in [4.78, 5) is 17.6. The lowest BCUT2D eigenvalue weighted by molar-refractivity contribution is 0.0611. The lowest BCUT2D eigenvalue weighted by atomic mass is 10.1. The van der Waals surface area contributed by atoms with Gasteiger partial charge in [0, 0.05) is 17.5 Å². The molecule has 4 heteroatoms. The number of aromatic nitrogens is 1. The number of benzene rings is 1. The summed E-state index contributed by atoms with van der Waals surface area (Å²) < 4.78 is 0. The Morgan fingerprint density at radius 3 is 2.70 bits per heavy atom. The first-order valence-corrected chi connectivity index (χ1v) is 6.64. The van der Waals surface area contributed by atoms with Crippen LogP contribution in [0.2, 0.25) is 0 Å². The second-order valence-corrected chi connectivity index (χ2v) is 5.87. The van der Waals surface area contributed by atoms with Crippen LogP contribution in [0.15, 0.2) is 36.9 Å². The molecule has 2 aromatic rings. The molecule has 0 fully saturated rings. The molecule has 106 valence electrons. The molecule has 0 aliphatic heterocycles. The highest BCUT2D eigenvalue weighted by Gasteiger charge is 2.27. The Labute approximate surface area is 119 Å². The van der Waals surface area contributed by atoms with E-state index in [2.05, 4.69) is 11.6 Å². The van der Waals surface area contributed by atoms with Crippen LogP contribution in [-0.2, 0) is 0 Å². The SMILES string of the molecule is C=CCN(C(=O)c1cc2cccc(N)c2[nH]1)C(C)(C)C. The van der Waals surface area contributed by atoms with E-state index in [0.717, 1.165) is 10.9 Å². The van der Waals surface area contributed by atoms with Crippen molar-refractivity contribution in [3.8, 4) is 0 Å². The monoisotopic (exact) mass is 271 g/mol. The molecule has 0 saturated heterocycles. The zero-order chi connectivity index (χ0) is 14.9. The van der Waals surface area contributed by atoms with Gasteiger partial charge in [0.05, 0.1) is 11.2 Å². The number of para-hydroxylation sites is 1. The third-order valence-electron chi connectivity index (χ3n) is 3.29. The highest BCUT2D eigenvalue weighted by Crippen LogP contribution is 2.23. The number of fused-ring (bicyclic) bond motifs is 1. The summed E-state index contributed by atoms with van der Waals surface area (Å²) in [6, 6.07) is 7.48. The number of carbonyl (C=O) groups excluding carboxylic acids is 1. The van der Waals surface area contributed by atoms with E-state index in [1.54, 1.807) is 11.0 Å². The van der Waals surface area contributed by atoms with E-state index in [4.69, 9.17) is 5.73 Å². The Balaban J connectivity index is 2.44. The molecule has 0 atom stereocenters. The lowest BCUT2D eigenvalue weighted by Crippen LogP contribution is -2.45. The van der Waals surface area contributed by atoms with Crippen LogP contribution >= 0.6 is 0 Å². The maximum absolute atomic E-state index is 12.7. The van der Waals surface area contributed by atoms with Crippen LogP contribution in [0.3, 0.4) is 0 Å². The van der Waals surface area contributed by atoms with Gasteiger partial charge in [-0.2, -0.15) is 0 Å². The van der Waals surface area contributed by atoms with Crippen molar-refractivity contribution in [2.24, 2.45) is 0 Å². The van der Waals surface area contributed by atoms with E-state index in [0.29, 0.717) is 17.9 Å². The Morgan fingerprint density at radius 2 is 2.15 bits per heavy atom. The van der Waals surface area contributed by atoms with Gasteiger partial charge in [0.2, 0.25) is 0 Å². The average Bonchev–Trinajstić information content (AvgIpc) is 2.79. The third kappa shape index (κ3) is 2.54. The zero-order valence-electron chi connectivity index (χ0n) is 12.2. The number of H-pyrrole nitrogens is 1. The Hall–Kier alpha value is -2.23. The first kappa shape index (κ1) is 14.2. The average molecular weight is 271 g/mol. The number of amides is 1. The fourth-order valence-electron chi connectivity index (χ4n) is 2.23. The van der Waals surface area contributed by atoms with Gasteiger partial charge in [-0.3, -0.25) is 4.79 Å². The molecule has 0 aliphatic rings. The van der Waals surface area contributed by atoms with Gasteiger partial charge in [-0.25, -0.2) is 0 Å². The minimum atomic E-state index is -0.270. The van der Waals surface area contributed by atoms with Crippen molar-refractivity contribution in [3.63, 3.8) is 0 Å².